The van der Waals surface area contributed by atoms with E-state index in [1.807, 2.05) is 43.3 Å². The first-order chi connectivity index (χ1) is 11.8. The Morgan fingerprint density at radius 1 is 0.792 bits per heavy atom. The molecule has 0 fully saturated rings. The van der Waals surface area contributed by atoms with E-state index in [1.54, 1.807) is 0 Å². The van der Waals surface area contributed by atoms with Crippen molar-refractivity contribution >= 4 is 33.0 Å². The van der Waals surface area contributed by atoms with Crippen LogP contribution >= 0.6 is 0 Å². The van der Waals surface area contributed by atoms with Gasteiger partial charge in [-0.15, -0.1) is 0 Å². The van der Waals surface area contributed by atoms with Gasteiger partial charge in [0.25, 0.3) is 0 Å². The number of para-hydroxylation sites is 1. The third kappa shape index (κ3) is 1.91. The zero-order chi connectivity index (χ0) is 16.1. The van der Waals surface area contributed by atoms with Gasteiger partial charge in [0.2, 0.25) is 5.71 Å². The van der Waals surface area contributed by atoms with Crippen molar-refractivity contribution in [1.82, 2.24) is 9.97 Å². The zero-order valence-electron chi connectivity index (χ0n) is 13.2. The second-order valence-electron chi connectivity index (χ2n) is 5.97. The number of hydrogen-bond acceptors (Lipinski definition) is 3. The van der Waals surface area contributed by atoms with Gasteiger partial charge in [-0.05, 0) is 35.9 Å². The summed E-state index contributed by atoms with van der Waals surface area (Å²) in [6.45, 7) is 2.00. The van der Waals surface area contributed by atoms with Crippen molar-refractivity contribution in [1.29, 1.82) is 0 Å². The van der Waals surface area contributed by atoms with Crippen LogP contribution in [0.4, 0.5) is 0 Å². The second kappa shape index (κ2) is 4.90. The summed E-state index contributed by atoms with van der Waals surface area (Å²) >= 11 is 0. The molecule has 0 bridgehead atoms. The number of hydrogen-bond donors (Lipinski definition) is 0. The van der Waals surface area contributed by atoms with Crippen molar-refractivity contribution in [2.45, 2.75) is 6.92 Å². The summed E-state index contributed by atoms with van der Waals surface area (Å²) < 4.78 is 5.88. The van der Waals surface area contributed by atoms with E-state index in [1.165, 1.54) is 10.8 Å². The van der Waals surface area contributed by atoms with Crippen LogP contribution in [0.25, 0.3) is 44.2 Å². The predicted molar refractivity (Wildman–Crippen MR) is 97.0 cm³/mol. The van der Waals surface area contributed by atoms with E-state index in [0.717, 1.165) is 33.4 Å². The van der Waals surface area contributed by atoms with Crippen molar-refractivity contribution in [3.8, 4) is 11.3 Å². The molecule has 0 aliphatic rings. The number of fused-ring (bicyclic) bond motifs is 4. The number of nitrogens with zero attached hydrogens (tertiary/aromatic N) is 2. The van der Waals surface area contributed by atoms with Crippen LogP contribution in [0, 0.1) is 6.92 Å². The minimum absolute atomic E-state index is 0.588. The Kier molecular flexibility index (Phi) is 2.71. The SMILES string of the molecule is Cc1nc2c(nc1-c1ccc3ccccc3c1)oc1ccccc12. The van der Waals surface area contributed by atoms with Crippen molar-refractivity contribution in [2.24, 2.45) is 0 Å². The van der Waals surface area contributed by atoms with Crippen LogP contribution in [-0.2, 0) is 0 Å². The molecule has 0 saturated carbocycles. The molecule has 0 spiro atoms. The molecule has 0 atom stereocenters. The molecule has 0 amide bonds. The van der Waals surface area contributed by atoms with Crippen LogP contribution in [0.5, 0.6) is 0 Å². The lowest BCUT2D eigenvalue weighted by Gasteiger charge is -2.06. The minimum Gasteiger partial charge on any atom is -0.436 e. The van der Waals surface area contributed by atoms with Gasteiger partial charge in [0.05, 0.1) is 11.4 Å². The van der Waals surface area contributed by atoms with E-state index in [0.29, 0.717) is 5.71 Å². The molecular formula is C21H14N2O. The molecule has 5 rings (SSSR count). The van der Waals surface area contributed by atoms with Gasteiger partial charge in [0.1, 0.15) is 11.1 Å². The van der Waals surface area contributed by atoms with Crippen LogP contribution in [0.3, 0.4) is 0 Å². The third-order valence-electron chi connectivity index (χ3n) is 4.41. The fourth-order valence-electron chi connectivity index (χ4n) is 3.22. The molecule has 2 heterocycles. The summed E-state index contributed by atoms with van der Waals surface area (Å²) in [5.41, 5.74) is 5.07. The standard InChI is InChI=1S/C21H14N2O/c1-13-19(16-11-10-14-6-2-3-7-15(14)12-16)23-21-20(22-13)17-8-4-5-9-18(17)24-21/h2-12H,1H3. The maximum Gasteiger partial charge on any atom is 0.246 e. The van der Waals surface area contributed by atoms with Gasteiger partial charge in [0, 0.05) is 10.9 Å². The van der Waals surface area contributed by atoms with Crippen LogP contribution in [0.1, 0.15) is 5.69 Å². The lowest BCUT2D eigenvalue weighted by atomic mass is 10.0. The molecule has 3 heteroatoms. The first kappa shape index (κ1) is 13.3. The van der Waals surface area contributed by atoms with Crippen molar-refractivity contribution in [3.05, 3.63) is 72.4 Å². The van der Waals surface area contributed by atoms with Gasteiger partial charge >= 0.3 is 0 Å². The topological polar surface area (TPSA) is 38.9 Å². The van der Waals surface area contributed by atoms with Crippen LogP contribution in [0.15, 0.2) is 71.1 Å². The van der Waals surface area contributed by atoms with E-state index < -0.39 is 0 Å². The molecule has 0 saturated heterocycles. The Hall–Kier alpha value is -3.20. The highest BCUT2D eigenvalue weighted by Gasteiger charge is 2.14. The normalized spacial score (nSPS) is 11.5. The lowest BCUT2D eigenvalue weighted by molar-refractivity contribution is 0.653. The lowest BCUT2D eigenvalue weighted by Crippen LogP contribution is -1.92. The maximum atomic E-state index is 5.88. The molecule has 0 aliphatic heterocycles. The predicted octanol–water partition coefficient (Wildman–Crippen LogP) is 5.50. The quantitative estimate of drug-likeness (QED) is 0.410. The Morgan fingerprint density at radius 2 is 1.58 bits per heavy atom. The minimum atomic E-state index is 0.588. The molecule has 24 heavy (non-hydrogen) atoms. The molecule has 3 nitrogen and oxygen atoms in total. The first-order valence-electron chi connectivity index (χ1n) is 7.95. The molecule has 0 unspecified atom stereocenters. The number of rotatable bonds is 1. The molecule has 5 aromatic rings. The fraction of sp³-hybridized carbons (Fsp3) is 0.0476. The summed E-state index contributed by atoms with van der Waals surface area (Å²) in [6.07, 6.45) is 0. The number of aromatic nitrogens is 2. The zero-order valence-corrected chi connectivity index (χ0v) is 13.2. The Balaban J connectivity index is 1.78. The van der Waals surface area contributed by atoms with E-state index in [9.17, 15) is 0 Å². The van der Waals surface area contributed by atoms with Crippen molar-refractivity contribution in [3.63, 3.8) is 0 Å². The van der Waals surface area contributed by atoms with Gasteiger partial charge in [-0.2, -0.15) is 0 Å². The molecule has 3 aromatic carbocycles. The van der Waals surface area contributed by atoms with Crippen molar-refractivity contribution in [2.75, 3.05) is 0 Å². The molecule has 2 aromatic heterocycles. The van der Waals surface area contributed by atoms with Gasteiger partial charge < -0.3 is 4.42 Å². The van der Waals surface area contributed by atoms with Crippen molar-refractivity contribution < 1.29 is 4.42 Å². The van der Waals surface area contributed by atoms with Crippen LogP contribution in [0.2, 0.25) is 0 Å². The highest BCUT2D eigenvalue weighted by atomic mass is 16.3. The Morgan fingerprint density at radius 3 is 2.50 bits per heavy atom. The monoisotopic (exact) mass is 310 g/mol. The maximum absolute atomic E-state index is 5.88. The second-order valence-corrected chi connectivity index (χ2v) is 5.97. The molecule has 0 aliphatic carbocycles. The van der Waals surface area contributed by atoms with E-state index in [2.05, 4.69) is 30.3 Å². The number of furan rings is 1. The molecule has 0 N–H and O–H groups in total. The van der Waals surface area contributed by atoms with Gasteiger partial charge in [-0.3, -0.25) is 0 Å². The van der Waals surface area contributed by atoms with Gasteiger partial charge in [0.15, 0.2) is 0 Å². The Labute approximate surface area is 138 Å². The van der Waals surface area contributed by atoms with E-state index in [-0.39, 0.29) is 0 Å². The Bertz CT molecular complexity index is 1220. The molecule has 0 radical (unpaired) electrons. The highest BCUT2D eigenvalue weighted by Crippen LogP contribution is 2.30. The summed E-state index contributed by atoms with van der Waals surface area (Å²) in [7, 11) is 0. The fourth-order valence-corrected chi connectivity index (χ4v) is 3.22. The average molecular weight is 310 g/mol. The first-order valence-corrected chi connectivity index (χ1v) is 7.95. The van der Waals surface area contributed by atoms with Gasteiger partial charge in [-0.25, -0.2) is 9.97 Å². The summed E-state index contributed by atoms with van der Waals surface area (Å²) in [6, 6.07) is 22.6. The average Bonchev–Trinajstić information content (AvgIpc) is 2.98. The number of aryl methyl sites for hydroxylation is 1. The van der Waals surface area contributed by atoms with Gasteiger partial charge in [-0.1, -0.05) is 48.5 Å². The van der Waals surface area contributed by atoms with Crippen LogP contribution in [-0.4, -0.2) is 9.97 Å². The summed E-state index contributed by atoms with van der Waals surface area (Å²) in [5, 5.41) is 3.42. The molecule has 114 valence electrons. The third-order valence-corrected chi connectivity index (χ3v) is 4.41. The summed E-state index contributed by atoms with van der Waals surface area (Å²) in [5.74, 6) is 0. The van der Waals surface area contributed by atoms with E-state index in [4.69, 9.17) is 14.4 Å². The van der Waals surface area contributed by atoms with Crippen LogP contribution < -0.4 is 0 Å². The summed E-state index contributed by atoms with van der Waals surface area (Å²) in [4.78, 5) is 9.52. The molecular weight excluding hydrogens is 296 g/mol. The van der Waals surface area contributed by atoms with E-state index >= 15 is 0 Å². The highest BCUT2D eigenvalue weighted by molar-refractivity contribution is 6.01. The number of benzene rings is 3. The smallest absolute Gasteiger partial charge is 0.246 e. The largest absolute Gasteiger partial charge is 0.436 e.